The van der Waals surface area contributed by atoms with E-state index in [1.165, 1.54) is 5.56 Å². The summed E-state index contributed by atoms with van der Waals surface area (Å²) in [4.78, 5) is 26.4. The quantitative estimate of drug-likeness (QED) is 0.711. The van der Waals surface area contributed by atoms with Crippen molar-refractivity contribution in [3.05, 3.63) is 71.3 Å². The molecule has 1 aliphatic heterocycles. The fourth-order valence-corrected chi connectivity index (χ4v) is 4.25. The third kappa shape index (κ3) is 5.11. The largest absolute Gasteiger partial charge is 0.383 e. The van der Waals surface area contributed by atoms with Crippen LogP contribution in [0.1, 0.15) is 26.9 Å². The van der Waals surface area contributed by atoms with E-state index in [0.717, 1.165) is 12.0 Å². The average Bonchev–Trinajstić information content (AvgIpc) is 3.08. The molecule has 0 bridgehead atoms. The molecular weight excluding hydrogens is 360 g/mol. The van der Waals surface area contributed by atoms with Gasteiger partial charge in [-0.3, -0.25) is 9.59 Å². The Morgan fingerprint density at radius 3 is 2.63 bits per heavy atom. The minimum Gasteiger partial charge on any atom is -0.383 e. The summed E-state index contributed by atoms with van der Waals surface area (Å²) in [6.07, 6.45) is 0.837. The Balaban J connectivity index is 1.63. The van der Waals surface area contributed by atoms with Crippen LogP contribution in [0.5, 0.6) is 0 Å². The lowest BCUT2D eigenvalue weighted by molar-refractivity contribution is -0.128. The molecule has 2 aromatic carbocycles. The second kappa shape index (κ2) is 9.58. The number of thioether (sulfide) groups is 1. The normalized spacial score (nSPS) is 16.6. The van der Waals surface area contributed by atoms with Crippen LogP contribution < -0.4 is 5.32 Å². The van der Waals surface area contributed by atoms with Gasteiger partial charge in [0.05, 0.1) is 12.4 Å². The number of methoxy groups -OCH3 is 1. The molecule has 5 nitrogen and oxygen atoms in total. The second-order valence-corrected chi connectivity index (χ2v) is 7.43. The van der Waals surface area contributed by atoms with E-state index in [1.54, 1.807) is 18.9 Å². The Labute approximate surface area is 164 Å². The summed E-state index contributed by atoms with van der Waals surface area (Å²) in [5.74, 6) is 0.552. The number of hydrogen-bond donors (Lipinski definition) is 1. The molecule has 1 unspecified atom stereocenters. The van der Waals surface area contributed by atoms with E-state index in [0.29, 0.717) is 31.0 Å². The summed E-state index contributed by atoms with van der Waals surface area (Å²) in [7, 11) is 1.60. The molecule has 1 aliphatic rings. The average molecular weight is 385 g/mol. The summed E-state index contributed by atoms with van der Waals surface area (Å²) < 4.78 is 4.94. The molecule has 0 aliphatic carbocycles. The standard InChI is InChI=1S/C21H24N2O3S/c1-26-14-12-22-20(25)17-7-9-18(10-8-17)21-23(19(24)15-27-21)13-11-16-5-3-2-4-6-16/h2-10,21H,11-15H2,1H3,(H,22,25). The number of nitrogens with zero attached hydrogens (tertiary/aromatic N) is 1. The van der Waals surface area contributed by atoms with Gasteiger partial charge in [0.1, 0.15) is 5.37 Å². The van der Waals surface area contributed by atoms with Crippen LogP contribution in [0.4, 0.5) is 0 Å². The van der Waals surface area contributed by atoms with E-state index in [1.807, 2.05) is 47.4 Å². The number of hydrogen-bond acceptors (Lipinski definition) is 4. The molecule has 6 heteroatoms. The molecule has 1 N–H and O–H groups in total. The van der Waals surface area contributed by atoms with Gasteiger partial charge in [-0.2, -0.15) is 0 Å². The van der Waals surface area contributed by atoms with Gasteiger partial charge in [0.25, 0.3) is 5.91 Å². The first-order chi connectivity index (χ1) is 13.2. The molecule has 1 saturated heterocycles. The highest BCUT2D eigenvalue weighted by Gasteiger charge is 2.32. The first-order valence-corrected chi connectivity index (χ1v) is 10.1. The summed E-state index contributed by atoms with van der Waals surface area (Å²) in [6, 6.07) is 17.7. The summed E-state index contributed by atoms with van der Waals surface area (Å²) in [5, 5.41) is 2.82. The van der Waals surface area contributed by atoms with Crippen molar-refractivity contribution in [1.82, 2.24) is 10.2 Å². The zero-order valence-corrected chi connectivity index (χ0v) is 16.2. The van der Waals surface area contributed by atoms with E-state index in [9.17, 15) is 9.59 Å². The van der Waals surface area contributed by atoms with E-state index < -0.39 is 0 Å². The maximum absolute atomic E-state index is 12.3. The van der Waals surface area contributed by atoms with Crippen LogP contribution in [0.25, 0.3) is 0 Å². The van der Waals surface area contributed by atoms with Crippen molar-refractivity contribution in [2.45, 2.75) is 11.8 Å². The SMILES string of the molecule is COCCNC(=O)c1ccc(C2SCC(=O)N2CCc2ccccc2)cc1. The zero-order valence-electron chi connectivity index (χ0n) is 15.4. The first-order valence-electron chi connectivity index (χ1n) is 9.01. The molecule has 2 amide bonds. The fourth-order valence-electron chi connectivity index (χ4n) is 3.03. The Kier molecular flexibility index (Phi) is 6.90. The topological polar surface area (TPSA) is 58.6 Å². The van der Waals surface area contributed by atoms with Crippen molar-refractivity contribution in [3.8, 4) is 0 Å². The van der Waals surface area contributed by atoms with Crippen molar-refractivity contribution in [1.29, 1.82) is 0 Å². The van der Waals surface area contributed by atoms with E-state index in [4.69, 9.17) is 4.74 Å². The Morgan fingerprint density at radius 1 is 1.19 bits per heavy atom. The monoisotopic (exact) mass is 384 g/mol. The molecule has 1 fully saturated rings. The second-order valence-electron chi connectivity index (χ2n) is 6.36. The van der Waals surface area contributed by atoms with Crippen LogP contribution in [0.15, 0.2) is 54.6 Å². The van der Waals surface area contributed by atoms with Crippen molar-refractivity contribution in [3.63, 3.8) is 0 Å². The molecule has 1 atom stereocenters. The molecule has 0 spiro atoms. The summed E-state index contributed by atoms with van der Waals surface area (Å²) in [5.41, 5.74) is 2.89. The van der Waals surface area contributed by atoms with Gasteiger partial charge in [-0.15, -0.1) is 11.8 Å². The smallest absolute Gasteiger partial charge is 0.251 e. The van der Waals surface area contributed by atoms with Gasteiger partial charge in [-0.1, -0.05) is 42.5 Å². The fraction of sp³-hybridized carbons (Fsp3) is 0.333. The van der Waals surface area contributed by atoms with Gasteiger partial charge in [0.15, 0.2) is 0 Å². The van der Waals surface area contributed by atoms with Crippen molar-refractivity contribution >= 4 is 23.6 Å². The molecule has 3 rings (SSSR count). The van der Waals surface area contributed by atoms with Crippen LogP contribution in [0.3, 0.4) is 0 Å². The van der Waals surface area contributed by atoms with Crippen LogP contribution in [0, 0.1) is 0 Å². The van der Waals surface area contributed by atoms with E-state index >= 15 is 0 Å². The van der Waals surface area contributed by atoms with Crippen molar-refractivity contribution in [2.24, 2.45) is 0 Å². The van der Waals surface area contributed by atoms with E-state index in [2.05, 4.69) is 17.4 Å². The number of nitrogens with one attached hydrogen (secondary N) is 1. The van der Waals surface area contributed by atoms with Gasteiger partial charge in [0.2, 0.25) is 5.91 Å². The van der Waals surface area contributed by atoms with Crippen molar-refractivity contribution in [2.75, 3.05) is 32.6 Å². The molecule has 0 aromatic heterocycles. The molecular formula is C21H24N2O3S. The van der Waals surface area contributed by atoms with Crippen molar-refractivity contribution < 1.29 is 14.3 Å². The van der Waals surface area contributed by atoms with Crippen LogP contribution in [0.2, 0.25) is 0 Å². The number of carbonyl (C=O) groups is 2. The van der Waals surface area contributed by atoms with E-state index in [-0.39, 0.29) is 17.2 Å². The number of amides is 2. The Hall–Kier alpha value is -2.31. The molecule has 2 aromatic rings. The number of carbonyl (C=O) groups excluding carboxylic acids is 2. The highest BCUT2D eigenvalue weighted by Crippen LogP contribution is 2.38. The molecule has 0 saturated carbocycles. The third-order valence-electron chi connectivity index (χ3n) is 4.50. The van der Waals surface area contributed by atoms with Gasteiger partial charge in [-0.25, -0.2) is 0 Å². The molecule has 142 valence electrons. The predicted octanol–water partition coefficient (Wildman–Crippen LogP) is 2.88. The Bertz CT molecular complexity index is 765. The number of rotatable bonds is 8. The zero-order chi connectivity index (χ0) is 19.1. The predicted molar refractivity (Wildman–Crippen MR) is 108 cm³/mol. The van der Waals surface area contributed by atoms with Crippen LogP contribution >= 0.6 is 11.8 Å². The maximum Gasteiger partial charge on any atom is 0.251 e. The Morgan fingerprint density at radius 2 is 1.93 bits per heavy atom. The van der Waals surface area contributed by atoms with Crippen LogP contribution in [-0.4, -0.2) is 49.3 Å². The van der Waals surface area contributed by atoms with Gasteiger partial charge >= 0.3 is 0 Å². The number of ether oxygens (including phenoxy) is 1. The molecule has 0 radical (unpaired) electrons. The minimum atomic E-state index is -0.116. The molecule has 1 heterocycles. The molecule has 27 heavy (non-hydrogen) atoms. The summed E-state index contributed by atoms with van der Waals surface area (Å²) >= 11 is 1.64. The van der Waals surface area contributed by atoms with Gasteiger partial charge in [-0.05, 0) is 29.7 Å². The third-order valence-corrected chi connectivity index (χ3v) is 5.76. The minimum absolute atomic E-state index is 0.00631. The van der Waals surface area contributed by atoms with Crippen LogP contribution in [-0.2, 0) is 16.0 Å². The number of benzene rings is 2. The lowest BCUT2D eigenvalue weighted by Gasteiger charge is -2.24. The maximum atomic E-state index is 12.3. The lowest BCUT2D eigenvalue weighted by atomic mass is 10.1. The van der Waals surface area contributed by atoms with Gasteiger partial charge < -0.3 is 15.0 Å². The van der Waals surface area contributed by atoms with Gasteiger partial charge in [0, 0.05) is 25.8 Å². The highest BCUT2D eigenvalue weighted by atomic mass is 32.2. The highest BCUT2D eigenvalue weighted by molar-refractivity contribution is 8.00. The lowest BCUT2D eigenvalue weighted by Crippen LogP contribution is -2.30. The first kappa shape index (κ1) is 19.5. The summed E-state index contributed by atoms with van der Waals surface area (Å²) in [6.45, 7) is 1.66.